The maximum absolute atomic E-state index is 11.8. The molecule has 0 aliphatic heterocycles. The smallest absolute Gasteiger partial charge is 0.256 e. The molecule has 0 bridgehead atoms. The van der Waals surface area contributed by atoms with Gasteiger partial charge in [-0.15, -0.1) is 11.6 Å². The molecule has 0 spiro atoms. The van der Waals surface area contributed by atoms with E-state index in [1.165, 1.54) is 6.26 Å². The van der Waals surface area contributed by atoms with E-state index in [0.717, 1.165) is 19.3 Å². The SMILES string of the molecule is O=C(NC1CCCC1Cl)c1ccoc1Br. The maximum atomic E-state index is 11.8. The topological polar surface area (TPSA) is 42.2 Å². The zero-order chi connectivity index (χ0) is 10.8. The molecule has 0 radical (unpaired) electrons. The molecule has 2 unspecified atom stereocenters. The molecule has 1 saturated carbocycles. The van der Waals surface area contributed by atoms with Gasteiger partial charge in [-0.3, -0.25) is 4.79 Å². The summed E-state index contributed by atoms with van der Waals surface area (Å²) in [6.07, 6.45) is 4.48. The Hall–Kier alpha value is -0.480. The summed E-state index contributed by atoms with van der Waals surface area (Å²) in [6.45, 7) is 0. The molecule has 15 heavy (non-hydrogen) atoms. The van der Waals surface area contributed by atoms with E-state index < -0.39 is 0 Å². The first kappa shape index (κ1) is 11.0. The lowest BCUT2D eigenvalue weighted by atomic mass is 10.2. The van der Waals surface area contributed by atoms with Crippen molar-refractivity contribution in [3.05, 3.63) is 22.6 Å². The Kier molecular flexibility index (Phi) is 3.36. The molecule has 1 aromatic rings. The lowest BCUT2D eigenvalue weighted by Crippen LogP contribution is -2.37. The fourth-order valence-electron chi connectivity index (χ4n) is 1.78. The van der Waals surface area contributed by atoms with Crippen LogP contribution in [-0.4, -0.2) is 17.3 Å². The van der Waals surface area contributed by atoms with Crippen molar-refractivity contribution in [3.63, 3.8) is 0 Å². The van der Waals surface area contributed by atoms with E-state index in [4.69, 9.17) is 16.0 Å². The second-order valence-electron chi connectivity index (χ2n) is 3.63. The number of nitrogens with one attached hydrogen (secondary N) is 1. The highest BCUT2D eigenvalue weighted by Crippen LogP contribution is 2.25. The Morgan fingerprint density at radius 3 is 2.93 bits per heavy atom. The zero-order valence-corrected chi connectivity index (χ0v) is 10.3. The molecule has 3 nitrogen and oxygen atoms in total. The Morgan fingerprint density at radius 2 is 2.40 bits per heavy atom. The number of rotatable bonds is 2. The van der Waals surface area contributed by atoms with Crippen molar-refractivity contribution in [2.45, 2.75) is 30.7 Å². The van der Waals surface area contributed by atoms with E-state index in [1.807, 2.05) is 0 Å². The van der Waals surface area contributed by atoms with Gasteiger partial charge in [-0.1, -0.05) is 0 Å². The van der Waals surface area contributed by atoms with Crippen LogP contribution in [0, 0.1) is 0 Å². The summed E-state index contributed by atoms with van der Waals surface area (Å²) >= 11 is 9.24. The lowest BCUT2D eigenvalue weighted by molar-refractivity contribution is 0.0936. The number of halogens is 2. The van der Waals surface area contributed by atoms with Crippen LogP contribution in [0.4, 0.5) is 0 Å². The standard InChI is InChI=1S/C10H11BrClNO2/c11-9-6(4-5-15-9)10(14)13-8-3-1-2-7(8)12/h4-5,7-8H,1-3H2,(H,13,14). The minimum Gasteiger partial charge on any atom is -0.457 e. The molecule has 1 aliphatic carbocycles. The molecule has 1 heterocycles. The molecule has 0 aromatic carbocycles. The van der Waals surface area contributed by atoms with Gasteiger partial charge < -0.3 is 9.73 Å². The molecule has 2 rings (SSSR count). The van der Waals surface area contributed by atoms with Crippen molar-refractivity contribution in [2.24, 2.45) is 0 Å². The quantitative estimate of drug-likeness (QED) is 0.852. The van der Waals surface area contributed by atoms with Gasteiger partial charge in [0.15, 0.2) is 4.67 Å². The lowest BCUT2D eigenvalue weighted by Gasteiger charge is -2.15. The Balaban J connectivity index is 2.01. The van der Waals surface area contributed by atoms with Crippen LogP contribution in [0.3, 0.4) is 0 Å². The summed E-state index contributed by atoms with van der Waals surface area (Å²) in [5, 5.41) is 2.97. The first-order valence-corrected chi connectivity index (χ1v) is 6.09. The van der Waals surface area contributed by atoms with E-state index in [-0.39, 0.29) is 17.3 Å². The molecule has 1 fully saturated rings. The van der Waals surface area contributed by atoms with Crippen LogP contribution in [0.5, 0.6) is 0 Å². The van der Waals surface area contributed by atoms with E-state index in [2.05, 4.69) is 21.2 Å². The normalized spacial score (nSPS) is 25.5. The fraction of sp³-hybridized carbons (Fsp3) is 0.500. The van der Waals surface area contributed by atoms with Gasteiger partial charge in [0, 0.05) is 6.04 Å². The average Bonchev–Trinajstić information content (AvgIpc) is 2.76. The number of hydrogen-bond donors (Lipinski definition) is 1. The predicted octanol–water partition coefficient (Wildman–Crippen LogP) is 2.93. The van der Waals surface area contributed by atoms with Crippen LogP contribution < -0.4 is 5.32 Å². The second-order valence-corrected chi connectivity index (χ2v) is 4.92. The maximum Gasteiger partial charge on any atom is 0.256 e. The Morgan fingerprint density at radius 1 is 1.60 bits per heavy atom. The molecule has 1 aromatic heterocycles. The molecule has 1 amide bonds. The molecule has 82 valence electrons. The summed E-state index contributed by atoms with van der Waals surface area (Å²) in [5.41, 5.74) is 0.519. The van der Waals surface area contributed by atoms with Gasteiger partial charge in [-0.25, -0.2) is 0 Å². The minimum absolute atomic E-state index is 0.0552. The van der Waals surface area contributed by atoms with E-state index in [1.54, 1.807) is 6.07 Å². The minimum atomic E-state index is -0.131. The van der Waals surface area contributed by atoms with Crippen LogP contribution >= 0.6 is 27.5 Å². The summed E-state index contributed by atoms with van der Waals surface area (Å²) < 4.78 is 5.46. The first-order chi connectivity index (χ1) is 7.18. The van der Waals surface area contributed by atoms with Crippen molar-refractivity contribution in [1.29, 1.82) is 0 Å². The van der Waals surface area contributed by atoms with Crippen LogP contribution in [-0.2, 0) is 0 Å². The third-order valence-corrected chi connectivity index (χ3v) is 3.75. The number of amides is 1. The van der Waals surface area contributed by atoms with E-state index in [9.17, 15) is 4.79 Å². The number of hydrogen-bond acceptors (Lipinski definition) is 2. The number of carbonyl (C=O) groups is 1. The van der Waals surface area contributed by atoms with Gasteiger partial charge in [0.1, 0.15) is 0 Å². The van der Waals surface area contributed by atoms with Crippen molar-refractivity contribution in [2.75, 3.05) is 0 Å². The Labute approximate surface area is 101 Å². The second kappa shape index (κ2) is 4.58. The third-order valence-electron chi connectivity index (χ3n) is 2.61. The first-order valence-electron chi connectivity index (χ1n) is 4.86. The van der Waals surface area contributed by atoms with E-state index in [0.29, 0.717) is 10.2 Å². The molecule has 1 N–H and O–H groups in total. The average molecular weight is 293 g/mol. The Bertz CT molecular complexity index is 366. The van der Waals surface area contributed by atoms with Gasteiger partial charge in [-0.05, 0) is 41.3 Å². The summed E-state index contributed by atoms with van der Waals surface area (Å²) in [4.78, 5) is 11.8. The monoisotopic (exact) mass is 291 g/mol. The summed E-state index contributed by atoms with van der Waals surface area (Å²) in [7, 11) is 0. The fourth-order valence-corrected chi connectivity index (χ4v) is 2.54. The van der Waals surface area contributed by atoms with Crippen LogP contribution in [0.15, 0.2) is 21.4 Å². The summed E-state index contributed by atoms with van der Waals surface area (Å²) in [5.74, 6) is -0.131. The van der Waals surface area contributed by atoms with E-state index >= 15 is 0 Å². The van der Waals surface area contributed by atoms with Crippen molar-refractivity contribution >= 4 is 33.4 Å². The predicted molar refractivity (Wildman–Crippen MR) is 61.2 cm³/mol. The molecule has 0 saturated heterocycles. The molecular formula is C10H11BrClNO2. The zero-order valence-electron chi connectivity index (χ0n) is 8.00. The van der Waals surface area contributed by atoms with Crippen LogP contribution in [0.25, 0.3) is 0 Å². The highest BCUT2D eigenvalue weighted by molar-refractivity contribution is 9.10. The summed E-state index contributed by atoms with van der Waals surface area (Å²) in [6, 6.07) is 1.72. The van der Waals surface area contributed by atoms with Crippen molar-refractivity contribution in [1.82, 2.24) is 5.32 Å². The molecule has 2 atom stereocenters. The van der Waals surface area contributed by atoms with Gasteiger partial charge in [-0.2, -0.15) is 0 Å². The number of alkyl halides is 1. The number of carbonyl (C=O) groups excluding carboxylic acids is 1. The third kappa shape index (κ3) is 2.37. The largest absolute Gasteiger partial charge is 0.457 e. The molecular weight excluding hydrogens is 281 g/mol. The van der Waals surface area contributed by atoms with Gasteiger partial charge >= 0.3 is 0 Å². The van der Waals surface area contributed by atoms with Crippen molar-refractivity contribution in [3.8, 4) is 0 Å². The van der Waals surface area contributed by atoms with Gasteiger partial charge in [0.05, 0.1) is 17.2 Å². The van der Waals surface area contributed by atoms with Crippen LogP contribution in [0.1, 0.15) is 29.6 Å². The molecule has 1 aliphatic rings. The highest BCUT2D eigenvalue weighted by Gasteiger charge is 2.27. The van der Waals surface area contributed by atoms with Gasteiger partial charge in [0.2, 0.25) is 0 Å². The van der Waals surface area contributed by atoms with Gasteiger partial charge in [0.25, 0.3) is 5.91 Å². The van der Waals surface area contributed by atoms with Crippen LogP contribution in [0.2, 0.25) is 0 Å². The highest BCUT2D eigenvalue weighted by atomic mass is 79.9. The molecule has 5 heteroatoms. The van der Waals surface area contributed by atoms with Crippen molar-refractivity contribution < 1.29 is 9.21 Å². The number of furan rings is 1.